The molecule has 0 amide bonds. The summed E-state index contributed by atoms with van der Waals surface area (Å²) in [6, 6.07) is 21.5. The summed E-state index contributed by atoms with van der Waals surface area (Å²) in [6.45, 7) is -0.152. The van der Waals surface area contributed by atoms with Crippen molar-refractivity contribution in [3.63, 3.8) is 0 Å². The molecule has 0 aliphatic rings. The van der Waals surface area contributed by atoms with Crippen LogP contribution in [-0.2, 0) is 11.3 Å². The number of benzene rings is 3. The van der Waals surface area contributed by atoms with E-state index in [0.717, 1.165) is 0 Å². The van der Waals surface area contributed by atoms with E-state index in [1.165, 1.54) is 13.2 Å². The third kappa shape index (κ3) is 4.23. The maximum absolute atomic E-state index is 12.9. The van der Waals surface area contributed by atoms with Gasteiger partial charge in [0.15, 0.2) is 5.78 Å². The van der Waals surface area contributed by atoms with Gasteiger partial charge < -0.3 is 13.9 Å². The standard InChI is InChI=1S/C25H18O6/c1-29-18-11-12-19-17(13-23(26)31-22(19)14-18)15-30-25(28)21-10-6-5-9-20(21)24(27)16-7-3-2-4-8-16/h2-14H,15H2,1H3. The monoisotopic (exact) mass is 414 g/mol. The van der Waals surface area contributed by atoms with Crippen LogP contribution in [0, 0.1) is 0 Å². The first-order valence-corrected chi connectivity index (χ1v) is 9.53. The first-order valence-electron chi connectivity index (χ1n) is 9.53. The molecule has 0 atom stereocenters. The molecule has 0 bridgehead atoms. The average molecular weight is 414 g/mol. The zero-order chi connectivity index (χ0) is 21.8. The van der Waals surface area contributed by atoms with Crippen molar-refractivity contribution in [2.75, 3.05) is 7.11 Å². The number of rotatable bonds is 6. The van der Waals surface area contributed by atoms with Gasteiger partial charge in [-0.25, -0.2) is 9.59 Å². The Kier molecular flexibility index (Phi) is 5.62. The second-order valence-corrected chi connectivity index (χ2v) is 6.77. The fourth-order valence-corrected chi connectivity index (χ4v) is 3.28. The lowest BCUT2D eigenvalue weighted by Gasteiger charge is -2.10. The molecule has 1 heterocycles. The Hall–Kier alpha value is -4.19. The zero-order valence-electron chi connectivity index (χ0n) is 16.7. The maximum atomic E-state index is 12.9. The zero-order valence-corrected chi connectivity index (χ0v) is 16.7. The van der Waals surface area contributed by atoms with Crippen molar-refractivity contribution in [3.8, 4) is 5.75 Å². The minimum atomic E-state index is -0.658. The number of esters is 1. The summed E-state index contributed by atoms with van der Waals surface area (Å²) in [6.07, 6.45) is 0. The van der Waals surface area contributed by atoms with E-state index in [9.17, 15) is 14.4 Å². The molecule has 6 heteroatoms. The third-order valence-corrected chi connectivity index (χ3v) is 4.82. The van der Waals surface area contributed by atoms with Crippen LogP contribution in [0.5, 0.6) is 5.75 Å². The average Bonchev–Trinajstić information content (AvgIpc) is 2.81. The molecule has 3 aromatic carbocycles. The van der Waals surface area contributed by atoms with Crippen LogP contribution >= 0.6 is 0 Å². The lowest BCUT2D eigenvalue weighted by molar-refractivity contribution is 0.0471. The Morgan fingerprint density at radius 2 is 1.58 bits per heavy atom. The van der Waals surface area contributed by atoms with Crippen molar-refractivity contribution in [1.29, 1.82) is 0 Å². The summed E-state index contributed by atoms with van der Waals surface area (Å²) in [5.41, 5.74) is 1.15. The molecule has 0 saturated carbocycles. The highest BCUT2D eigenvalue weighted by atomic mass is 16.5. The quantitative estimate of drug-likeness (QED) is 0.264. The molecule has 0 aliphatic carbocycles. The molecule has 1 aromatic heterocycles. The van der Waals surface area contributed by atoms with Gasteiger partial charge in [-0.1, -0.05) is 48.5 Å². The van der Waals surface area contributed by atoms with E-state index < -0.39 is 11.6 Å². The Bertz CT molecular complexity index is 1320. The van der Waals surface area contributed by atoms with Crippen LogP contribution in [0.4, 0.5) is 0 Å². The van der Waals surface area contributed by atoms with Gasteiger partial charge in [-0.2, -0.15) is 0 Å². The molecule has 154 valence electrons. The molecule has 0 radical (unpaired) electrons. The van der Waals surface area contributed by atoms with Gasteiger partial charge in [0, 0.05) is 34.2 Å². The van der Waals surface area contributed by atoms with Crippen molar-refractivity contribution in [3.05, 3.63) is 112 Å². The fourth-order valence-electron chi connectivity index (χ4n) is 3.28. The summed E-state index contributed by atoms with van der Waals surface area (Å²) in [5, 5.41) is 0.627. The highest BCUT2D eigenvalue weighted by Gasteiger charge is 2.19. The minimum Gasteiger partial charge on any atom is -0.497 e. The summed E-state index contributed by atoms with van der Waals surface area (Å²) in [4.78, 5) is 37.6. The lowest BCUT2D eigenvalue weighted by atomic mass is 9.98. The summed E-state index contributed by atoms with van der Waals surface area (Å²) >= 11 is 0. The normalized spacial score (nSPS) is 10.6. The number of fused-ring (bicyclic) bond motifs is 1. The molecule has 0 saturated heterocycles. The van der Waals surface area contributed by atoms with E-state index in [1.54, 1.807) is 66.7 Å². The van der Waals surface area contributed by atoms with E-state index >= 15 is 0 Å². The highest BCUT2D eigenvalue weighted by molar-refractivity contribution is 6.14. The van der Waals surface area contributed by atoms with Crippen LogP contribution in [0.15, 0.2) is 88.1 Å². The van der Waals surface area contributed by atoms with Gasteiger partial charge >= 0.3 is 11.6 Å². The lowest BCUT2D eigenvalue weighted by Crippen LogP contribution is -2.13. The fraction of sp³-hybridized carbons (Fsp3) is 0.0800. The Morgan fingerprint density at radius 1 is 0.871 bits per heavy atom. The predicted octanol–water partition coefficient (Wildman–Crippen LogP) is 4.39. The summed E-state index contributed by atoms with van der Waals surface area (Å²) < 4.78 is 15.8. The molecule has 0 spiro atoms. The van der Waals surface area contributed by atoms with Crippen molar-refractivity contribution in [2.24, 2.45) is 0 Å². The number of hydrogen-bond donors (Lipinski definition) is 0. The van der Waals surface area contributed by atoms with E-state index in [-0.39, 0.29) is 23.5 Å². The molecule has 4 rings (SSSR count). The molecule has 6 nitrogen and oxygen atoms in total. The van der Waals surface area contributed by atoms with Crippen LogP contribution in [0.2, 0.25) is 0 Å². The molecule has 4 aromatic rings. The van der Waals surface area contributed by atoms with Crippen LogP contribution in [-0.4, -0.2) is 18.9 Å². The number of carbonyl (C=O) groups is 2. The number of ether oxygens (including phenoxy) is 2. The smallest absolute Gasteiger partial charge is 0.339 e. The SMILES string of the molecule is COc1ccc2c(COC(=O)c3ccccc3C(=O)c3ccccc3)cc(=O)oc2c1. The van der Waals surface area contributed by atoms with Gasteiger partial charge in [-0.05, 0) is 18.2 Å². The van der Waals surface area contributed by atoms with Crippen molar-refractivity contribution in [2.45, 2.75) is 6.61 Å². The van der Waals surface area contributed by atoms with Gasteiger partial charge in [0.1, 0.15) is 17.9 Å². The predicted molar refractivity (Wildman–Crippen MR) is 114 cm³/mol. The van der Waals surface area contributed by atoms with Crippen molar-refractivity contribution in [1.82, 2.24) is 0 Å². The van der Waals surface area contributed by atoms with Gasteiger partial charge in [-0.3, -0.25) is 4.79 Å². The topological polar surface area (TPSA) is 82.8 Å². The summed E-state index contributed by atoms with van der Waals surface area (Å²) in [7, 11) is 1.51. The molecule has 0 fully saturated rings. The minimum absolute atomic E-state index is 0.152. The Morgan fingerprint density at radius 3 is 2.32 bits per heavy atom. The van der Waals surface area contributed by atoms with Gasteiger partial charge in [0.25, 0.3) is 0 Å². The molecular formula is C25H18O6. The molecule has 31 heavy (non-hydrogen) atoms. The molecular weight excluding hydrogens is 396 g/mol. The number of ketones is 1. The number of hydrogen-bond acceptors (Lipinski definition) is 6. The largest absolute Gasteiger partial charge is 0.497 e. The van der Waals surface area contributed by atoms with Crippen LogP contribution in [0.25, 0.3) is 11.0 Å². The van der Waals surface area contributed by atoms with E-state index in [4.69, 9.17) is 13.9 Å². The van der Waals surface area contributed by atoms with Crippen LogP contribution < -0.4 is 10.4 Å². The maximum Gasteiger partial charge on any atom is 0.339 e. The number of carbonyl (C=O) groups excluding carboxylic acids is 2. The van der Waals surface area contributed by atoms with Crippen molar-refractivity contribution >= 4 is 22.7 Å². The molecule has 0 unspecified atom stereocenters. The Balaban J connectivity index is 1.61. The van der Waals surface area contributed by atoms with Gasteiger partial charge in [-0.15, -0.1) is 0 Å². The van der Waals surface area contributed by atoms with Gasteiger partial charge in [0.2, 0.25) is 0 Å². The second-order valence-electron chi connectivity index (χ2n) is 6.77. The van der Waals surface area contributed by atoms with E-state index in [1.807, 2.05) is 6.07 Å². The van der Waals surface area contributed by atoms with Gasteiger partial charge in [0.05, 0.1) is 12.7 Å². The first-order chi connectivity index (χ1) is 15.1. The van der Waals surface area contributed by atoms with Crippen LogP contribution in [0.1, 0.15) is 31.8 Å². The van der Waals surface area contributed by atoms with E-state index in [2.05, 4.69) is 0 Å². The Labute approximate surface area is 177 Å². The molecule has 0 N–H and O–H groups in total. The van der Waals surface area contributed by atoms with Crippen molar-refractivity contribution < 1.29 is 23.5 Å². The second kappa shape index (κ2) is 8.67. The summed E-state index contributed by atoms with van der Waals surface area (Å²) in [5.74, 6) is -0.390. The van der Waals surface area contributed by atoms with Crippen LogP contribution in [0.3, 0.4) is 0 Å². The number of methoxy groups -OCH3 is 1. The third-order valence-electron chi connectivity index (χ3n) is 4.82. The highest BCUT2D eigenvalue weighted by Crippen LogP contribution is 2.23. The first kappa shape index (κ1) is 20.1. The van der Waals surface area contributed by atoms with E-state index in [0.29, 0.717) is 27.8 Å². The molecule has 0 aliphatic heterocycles.